The van der Waals surface area contributed by atoms with Gasteiger partial charge in [0.1, 0.15) is 11.1 Å². The monoisotopic (exact) mass is 554 g/mol. The molecule has 3 N–H and O–H groups in total. The molecule has 3 amide bonds. The van der Waals surface area contributed by atoms with E-state index in [2.05, 4.69) is 22.0 Å². The maximum Gasteiger partial charge on any atom is 0.266 e. The molecule has 0 aliphatic heterocycles. The van der Waals surface area contributed by atoms with Crippen LogP contribution in [0.15, 0.2) is 83.8 Å². The zero-order valence-electron chi connectivity index (χ0n) is 21.6. The number of para-hydroxylation sites is 1. The predicted molar refractivity (Wildman–Crippen MR) is 158 cm³/mol. The number of anilines is 3. The van der Waals surface area contributed by atoms with Crippen LogP contribution in [0.2, 0.25) is 0 Å². The molecule has 4 rings (SSSR count). The number of carbonyl (C=O) groups excluding carboxylic acids is 3. The molecule has 0 saturated carbocycles. The molecule has 3 aromatic carbocycles. The second-order valence-corrected chi connectivity index (χ2v) is 11.2. The second kappa shape index (κ2) is 12.4. The molecular formula is C30H26N4O3S2. The number of carbonyl (C=O) groups is 3. The molecule has 0 radical (unpaired) electrons. The van der Waals surface area contributed by atoms with Crippen molar-refractivity contribution in [1.82, 2.24) is 0 Å². The molecule has 39 heavy (non-hydrogen) atoms. The van der Waals surface area contributed by atoms with Crippen LogP contribution in [0.3, 0.4) is 0 Å². The highest BCUT2D eigenvalue weighted by molar-refractivity contribution is 8.00. The summed E-state index contributed by atoms with van der Waals surface area (Å²) in [5.41, 5.74) is 3.61. The van der Waals surface area contributed by atoms with Gasteiger partial charge in [-0.05, 0) is 68.8 Å². The van der Waals surface area contributed by atoms with Gasteiger partial charge in [-0.25, -0.2) is 0 Å². The summed E-state index contributed by atoms with van der Waals surface area (Å²) in [5, 5.41) is 18.1. The van der Waals surface area contributed by atoms with E-state index in [0.717, 1.165) is 21.8 Å². The van der Waals surface area contributed by atoms with Gasteiger partial charge in [-0.15, -0.1) is 23.1 Å². The highest BCUT2D eigenvalue weighted by Crippen LogP contribution is 2.34. The number of aryl methyl sites for hydroxylation is 1. The number of amides is 3. The smallest absolute Gasteiger partial charge is 0.266 e. The molecule has 9 heteroatoms. The molecule has 1 unspecified atom stereocenters. The van der Waals surface area contributed by atoms with Gasteiger partial charge in [-0.3, -0.25) is 14.4 Å². The number of hydrogen-bond donors (Lipinski definition) is 3. The molecule has 7 nitrogen and oxygen atoms in total. The van der Waals surface area contributed by atoms with Crippen molar-refractivity contribution < 1.29 is 14.4 Å². The van der Waals surface area contributed by atoms with Gasteiger partial charge >= 0.3 is 0 Å². The Bertz CT molecular complexity index is 1570. The summed E-state index contributed by atoms with van der Waals surface area (Å²) < 4.78 is 0. The fourth-order valence-corrected chi connectivity index (χ4v) is 5.75. The molecule has 0 spiro atoms. The first-order valence-corrected chi connectivity index (χ1v) is 13.8. The van der Waals surface area contributed by atoms with E-state index in [1.54, 1.807) is 38.1 Å². The fourth-order valence-electron chi connectivity index (χ4n) is 3.77. The van der Waals surface area contributed by atoms with E-state index in [1.165, 1.54) is 11.8 Å². The Balaban J connectivity index is 1.42. The van der Waals surface area contributed by atoms with Crippen LogP contribution < -0.4 is 16.0 Å². The van der Waals surface area contributed by atoms with Crippen molar-refractivity contribution in [2.45, 2.75) is 30.9 Å². The minimum atomic E-state index is -0.511. The van der Waals surface area contributed by atoms with Crippen LogP contribution in [0, 0.1) is 25.2 Å². The zero-order valence-corrected chi connectivity index (χ0v) is 23.2. The Hall–Kier alpha value is -4.39. The summed E-state index contributed by atoms with van der Waals surface area (Å²) in [6.07, 6.45) is 0. The largest absolute Gasteiger partial charge is 0.322 e. The van der Waals surface area contributed by atoms with Gasteiger partial charge in [0, 0.05) is 21.8 Å². The summed E-state index contributed by atoms with van der Waals surface area (Å²) in [7, 11) is 0. The van der Waals surface area contributed by atoms with Gasteiger partial charge in [0.15, 0.2) is 0 Å². The van der Waals surface area contributed by atoms with Gasteiger partial charge in [-0.1, -0.05) is 42.0 Å². The molecule has 0 bridgehead atoms. The molecular weight excluding hydrogens is 528 g/mol. The predicted octanol–water partition coefficient (Wildman–Crippen LogP) is 6.86. The Morgan fingerprint density at radius 2 is 1.54 bits per heavy atom. The van der Waals surface area contributed by atoms with E-state index in [0.29, 0.717) is 32.4 Å². The molecule has 0 fully saturated rings. The molecule has 4 aromatic rings. The lowest BCUT2D eigenvalue weighted by atomic mass is 10.1. The first-order valence-electron chi connectivity index (χ1n) is 12.1. The van der Waals surface area contributed by atoms with Gasteiger partial charge in [0.05, 0.1) is 15.7 Å². The Kier molecular flexibility index (Phi) is 8.81. The molecule has 1 heterocycles. The highest BCUT2D eigenvalue weighted by atomic mass is 32.2. The number of hydrogen-bond acceptors (Lipinski definition) is 6. The van der Waals surface area contributed by atoms with Crippen LogP contribution in [0.1, 0.15) is 43.6 Å². The first kappa shape index (κ1) is 27.6. The van der Waals surface area contributed by atoms with Crippen molar-refractivity contribution in [2.24, 2.45) is 0 Å². The molecule has 0 aliphatic rings. The third kappa shape index (κ3) is 6.93. The van der Waals surface area contributed by atoms with Crippen molar-refractivity contribution >= 4 is 57.2 Å². The first-order chi connectivity index (χ1) is 18.7. The van der Waals surface area contributed by atoms with E-state index in [4.69, 9.17) is 0 Å². The third-order valence-corrected chi connectivity index (χ3v) is 8.09. The fraction of sp³-hybridized carbons (Fsp3) is 0.133. The van der Waals surface area contributed by atoms with E-state index < -0.39 is 5.25 Å². The topological polar surface area (TPSA) is 111 Å². The van der Waals surface area contributed by atoms with Crippen molar-refractivity contribution in [1.29, 1.82) is 5.26 Å². The normalized spacial score (nSPS) is 11.2. The summed E-state index contributed by atoms with van der Waals surface area (Å²) in [5.74, 6) is -0.856. The Labute approximate surface area is 235 Å². The maximum absolute atomic E-state index is 13.0. The van der Waals surface area contributed by atoms with E-state index >= 15 is 0 Å². The van der Waals surface area contributed by atoms with Gasteiger partial charge in [0.25, 0.3) is 11.8 Å². The molecule has 1 atom stereocenters. The molecule has 0 saturated heterocycles. The van der Waals surface area contributed by atoms with Gasteiger partial charge in [0.2, 0.25) is 5.91 Å². The van der Waals surface area contributed by atoms with Crippen molar-refractivity contribution in [3.63, 3.8) is 0 Å². The van der Waals surface area contributed by atoms with Gasteiger partial charge < -0.3 is 16.0 Å². The lowest BCUT2D eigenvalue weighted by Crippen LogP contribution is -2.22. The third-order valence-electron chi connectivity index (χ3n) is 5.79. The number of thioether (sulfide) groups is 1. The van der Waals surface area contributed by atoms with Crippen molar-refractivity contribution in [3.8, 4) is 6.07 Å². The summed E-state index contributed by atoms with van der Waals surface area (Å²) >= 11 is 2.40. The standard InChI is InChI=1S/C30H26N4O3S2/c1-18-9-7-10-21(15-18)28(36)33-23-13-8-14-24(16-23)38-20(3)27(35)34-30-25(17-31)19(2)26(39-30)29(37)32-22-11-5-4-6-12-22/h4-16,20H,1-3H3,(H,32,37)(H,33,36)(H,34,35). The zero-order chi connectivity index (χ0) is 27.9. The van der Waals surface area contributed by atoms with E-state index in [9.17, 15) is 19.6 Å². The lowest BCUT2D eigenvalue weighted by molar-refractivity contribution is -0.115. The highest BCUT2D eigenvalue weighted by Gasteiger charge is 2.23. The SMILES string of the molecule is Cc1cccc(C(=O)Nc2cccc(SC(C)C(=O)Nc3sc(C(=O)Nc4ccccc4)c(C)c3C#N)c2)c1. The lowest BCUT2D eigenvalue weighted by Gasteiger charge is -2.13. The maximum atomic E-state index is 13.0. The summed E-state index contributed by atoms with van der Waals surface area (Å²) in [4.78, 5) is 39.7. The number of nitriles is 1. The minimum absolute atomic E-state index is 0.212. The number of rotatable bonds is 8. The van der Waals surface area contributed by atoms with Crippen LogP contribution in [0.25, 0.3) is 0 Å². The van der Waals surface area contributed by atoms with E-state index in [1.807, 2.05) is 61.5 Å². The van der Waals surface area contributed by atoms with Crippen LogP contribution in [-0.4, -0.2) is 23.0 Å². The second-order valence-electron chi connectivity index (χ2n) is 8.79. The van der Waals surface area contributed by atoms with Crippen LogP contribution in [0.5, 0.6) is 0 Å². The number of benzene rings is 3. The summed E-state index contributed by atoms with van der Waals surface area (Å²) in [6.45, 7) is 5.38. The number of nitrogens with one attached hydrogen (secondary N) is 3. The number of thiophene rings is 1. The van der Waals surface area contributed by atoms with Crippen LogP contribution in [-0.2, 0) is 4.79 Å². The number of nitrogens with zero attached hydrogens (tertiary/aromatic N) is 1. The molecule has 0 aliphatic carbocycles. The van der Waals surface area contributed by atoms with Crippen molar-refractivity contribution in [2.75, 3.05) is 16.0 Å². The average Bonchev–Trinajstić information content (AvgIpc) is 3.24. The van der Waals surface area contributed by atoms with Crippen molar-refractivity contribution in [3.05, 3.63) is 106 Å². The summed E-state index contributed by atoms with van der Waals surface area (Å²) in [6, 6.07) is 25.7. The minimum Gasteiger partial charge on any atom is -0.322 e. The molecule has 196 valence electrons. The van der Waals surface area contributed by atoms with Crippen LogP contribution >= 0.6 is 23.1 Å². The average molecular weight is 555 g/mol. The quantitative estimate of drug-likeness (QED) is 0.206. The Morgan fingerprint density at radius 1 is 0.846 bits per heavy atom. The van der Waals surface area contributed by atoms with E-state index in [-0.39, 0.29) is 23.3 Å². The molecule has 1 aromatic heterocycles. The Morgan fingerprint density at radius 3 is 2.26 bits per heavy atom. The van der Waals surface area contributed by atoms with Crippen LogP contribution in [0.4, 0.5) is 16.4 Å². The van der Waals surface area contributed by atoms with Gasteiger partial charge in [-0.2, -0.15) is 5.26 Å².